The zero-order chi connectivity index (χ0) is 26.9. The third-order valence-electron chi connectivity index (χ3n) is 6.82. The summed E-state index contributed by atoms with van der Waals surface area (Å²) >= 11 is 0. The maximum absolute atomic E-state index is 13.2. The molecule has 0 radical (unpaired) electrons. The second-order valence-electron chi connectivity index (χ2n) is 9.69. The quantitative estimate of drug-likeness (QED) is 0.395. The minimum absolute atomic E-state index is 0.121. The number of benzene rings is 2. The number of aryl methyl sites for hydroxylation is 1. The SMILES string of the molecule is CN(CCCCc1cccnc1)C(=O)c1ccc2c(c1)NC(CC(=O)[O-])C(=O)N(CCc1ccccc1)C2. The zero-order valence-corrected chi connectivity index (χ0v) is 21.6. The fourth-order valence-corrected chi connectivity index (χ4v) is 4.68. The van der Waals surface area contributed by atoms with Crippen molar-refractivity contribution in [1.82, 2.24) is 14.8 Å². The fourth-order valence-electron chi connectivity index (χ4n) is 4.68. The van der Waals surface area contributed by atoms with E-state index in [1.165, 1.54) is 5.56 Å². The van der Waals surface area contributed by atoms with Crippen LogP contribution in [0.1, 0.15) is 46.3 Å². The van der Waals surface area contributed by atoms with Crippen LogP contribution in [0.25, 0.3) is 0 Å². The monoisotopic (exact) mass is 513 g/mol. The molecule has 1 atom stereocenters. The summed E-state index contributed by atoms with van der Waals surface area (Å²) < 4.78 is 0. The molecule has 0 saturated heterocycles. The maximum atomic E-state index is 13.2. The fraction of sp³-hybridized carbons (Fsp3) is 0.333. The van der Waals surface area contributed by atoms with Gasteiger partial charge in [-0.1, -0.05) is 42.5 Å². The van der Waals surface area contributed by atoms with Crippen molar-refractivity contribution in [2.75, 3.05) is 25.5 Å². The van der Waals surface area contributed by atoms with Crippen molar-refractivity contribution < 1.29 is 19.5 Å². The normalized spacial score (nSPS) is 14.8. The molecular formula is C30H33N4O4-. The molecule has 8 heteroatoms. The van der Waals surface area contributed by atoms with E-state index in [-0.39, 0.29) is 11.8 Å². The number of aromatic nitrogens is 1. The molecule has 8 nitrogen and oxygen atoms in total. The van der Waals surface area contributed by atoms with Crippen LogP contribution in [-0.2, 0) is 29.0 Å². The van der Waals surface area contributed by atoms with Crippen LogP contribution in [0.5, 0.6) is 0 Å². The third kappa shape index (κ3) is 7.18. The Bertz CT molecular complexity index is 1250. The van der Waals surface area contributed by atoms with Crippen molar-refractivity contribution in [3.63, 3.8) is 0 Å². The number of carbonyl (C=O) groups excluding carboxylic acids is 3. The standard InChI is InChI=1S/C30H34N4O4/c1-33(16-6-5-10-23-11-7-15-31-20-23)29(37)24-12-13-25-21-34(17-14-22-8-3-2-4-9-22)30(38)27(19-28(35)36)32-26(25)18-24/h2-4,7-9,11-13,15,18,20,27,32H,5-6,10,14,16-17,19,21H2,1H3,(H,35,36)/p-1. The summed E-state index contributed by atoms with van der Waals surface area (Å²) in [5.74, 6) is -1.72. The molecule has 2 aromatic carbocycles. The molecule has 1 aliphatic rings. The van der Waals surface area contributed by atoms with Gasteiger partial charge in [-0.05, 0) is 60.6 Å². The highest BCUT2D eigenvalue weighted by atomic mass is 16.4. The number of unbranched alkanes of at least 4 members (excludes halogenated alkanes) is 1. The number of carboxylic acids is 1. The zero-order valence-electron chi connectivity index (χ0n) is 21.6. The number of carbonyl (C=O) groups is 3. The van der Waals surface area contributed by atoms with Gasteiger partial charge in [-0.2, -0.15) is 0 Å². The van der Waals surface area contributed by atoms with Gasteiger partial charge in [0.05, 0.1) is 0 Å². The van der Waals surface area contributed by atoms with E-state index in [0.29, 0.717) is 37.3 Å². The Balaban J connectivity index is 1.43. The van der Waals surface area contributed by atoms with Gasteiger partial charge in [-0.25, -0.2) is 0 Å². The van der Waals surface area contributed by atoms with Crippen molar-refractivity contribution in [3.8, 4) is 0 Å². The molecule has 0 spiro atoms. The van der Waals surface area contributed by atoms with Gasteiger partial charge in [-0.15, -0.1) is 0 Å². The van der Waals surface area contributed by atoms with Crippen LogP contribution in [0.4, 0.5) is 5.69 Å². The van der Waals surface area contributed by atoms with Gasteiger partial charge in [0.1, 0.15) is 6.04 Å². The van der Waals surface area contributed by atoms with E-state index < -0.39 is 18.4 Å². The number of rotatable bonds is 11. The van der Waals surface area contributed by atoms with Gasteiger partial charge in [-0.3, -0.25) is 14.6 Å². The van der Waals surface area contributed by atoms with Gasteiger partial charge >= 0.3 is 0 Å². The Morgan fingerprint density at radius 1 is 1.05 bits per heavy atom. The summed E-state index contributed by atoms with van der Waals surface area (Å²) in [6.45, 7) is 1.40. The van der Waals surface area contributed by atoms with Crippen LogP contribution in [0.15, 0.2) is 73.1 Å². The van der Waals surface area contributed by atoms with Crippen LogP contribution in [0.3, 0.4) is 0 Å². The molecule has 38 heavy (non-hydrogen) atoms. The minimum atomic E-state index is -1.31. The predicted octanol–water partition coefficient (Wildman–Crippen LogP) is 2.68. The lowest BCUT2D eigenvalue weighted by Gasteiger charge is -2.25. The van der Waals surface area contributed by atoms with E-state index >= 15 is 0 Å². The van der Waals surface area contributed by atoms with Crippen LogP contribution in [0.2, 0.25) is 0 Å². The van der Waals surface area contributed by atoms with Gasteiger partial charge in [0.15, 0.2) is 0 Å². The molecular weight excluding hydrogens is 480 g/mol. The number of fused-ring (bicyclic) bond motifs is 1. The molecule has 1 aromatic heterocycles. The first-order valence-corrected chi connectivity index (χ1v) is 13.0. The Kier molecular flexibility index (Phi) is 9.08. The minimum Gasteiger partial charge on any atom is -0.550 e. The van der Waals surface area contributed by atoms with Crippen molar-refractivity contribution in [1.29, 1.82) is 0 Å². The number of pyridine rings is 1. The van der Waals surface area contributed by atoms with E-state index in [1.54, 1.807) is 35.2 Å². The molecule has 1 N–H and O–H groups in total. The van der Waals surface area contributed by atoms with Crippen molar-refractivity contribution in [3.05, 3.63) is 95.3 Å². The molecule has 4 rings (SSSR count). The predicted molar refractivity (Wildman–Crippen MR) is 143 cm³/mol. The molecule has 0 saturated carbocycles. The highest BCUT2D eigenvalue weighted by Gasteiger charge is 2.29. The molecule has 2 heterocycles. The second kappa shape index (κ2) is 12.9. The van der Waals surface area contributed by atoms with Gasteiger partial charge in [0.2, 0.25) is 5.91 Å². The maximum Gasteiger partial charge on any atom is 0.253 e. The van der Waals surface area contributed by atoms with Crippen molar-refractivity contribution >= 4 is 23.5 Å². The second-order valence-corrected chi connectivity index (χ2v) is 9.69. The molecule has 0 fully saturated rings. The van der Waals surface area contributed by atoms with E-state index in [1.807, 2.05) is 54.7 Å². The highest BCUT2D eigenvalue weighted by molar-refractivity contribution is 5.96. The molecule has 1 aliphatic heterocycles. The molecule has 1 unspecified atom stereocenters. The van der Waals surface area contributed by atoms with Gasteiger partial charge in [0.25, 0.3) is 5.91 Å². The Morgan fingerprint density at radius 3 is 2.58 bits per heavy atom. The first kappa shape index (κ1) is 26.9. The summed E-state index contributed by atoms with van der Waals surface area (Å²) in [6, 6.07) is 18.2. The Labute approximate surface area is 223 Å². The summed E-state index contributed by atoms with van der Waals surface area (Å²) in [4.78, 5) is 45.3. The van der Waals surface area contributed by atoms with E-state index in [4.69, 9.17) is 0 Å². The number of nitrogens with zero attached hydrogens (tertiary/aromatic N) is 3. The number of hydrogen-bond acceptors (Lipinski definition) is 6. The summed E-state index contributed by atoms with van der Waals surface area (Å²) in [7, 11) is 1.78. The van der Waals surface area contributed by atoms with Crippen LogP contribution in [-0.4, -0.2) is 58.7 Å². The number of nitrogens with one attached hydrogen (secondary N) is 1. The number of hydrogen-bond donors (Lipinski definition) is 1. The molecule has 2 amide bonds. The van der Waals surface area contributed by atoms with Crippen LogP contribution in [0, 0.1) is 0 Å². The topological polar surface area (TPSA) is 106 Å². The first-order chi connectivity index (χ1) is 18.4. The average Bonchev–Trinajstić information content (AvgIpc) is 3.05. The smallest absolute Gasteiger partial charge is 0.253 e. The summed E-state index contributed by atoms with van der Waals surface area (Å²) in [6.07, 6.45) is 6.54. The number of amides is 2. The van der Waals surface area contributed by atoms with E-state index in [0.717, 1.165) is 30.4 Å². The highest BCUT2D eigenvalue weighted by Crippen LogP contribution is 2.26. The average molecular weight is 514 g/mol. The van der Waals surface area contributed by atoms with Crippen molar-refractivity contribution in [2.45, 2.75) is 44.7 Å². The van der Waals surface area contributed by atoms with E-state index in [2.05, 4.69) is 10.3 Å². The number of anilines is 1. The third-order valence-corrected chi connectivity index (χ3v) is 6.82. The largest absolute Gasteiger partial charge is 0.550 e. The summed E-state index contributed by atoms with van der Waals surface area (Å²) in [5, 5.41) is 14.5. The molecule has 198 valence electrons. The number of carboxylic acid groups (broad SMARTS) is 1. The van der Waals surface area contributed by atoms with Crippen molar-refractivity contribution in [2.24, 2.45) is 0 Å². The summed E-state index contributed by atoms with van der Waals surface area (Å²) in [5.41, 5.74) is 4.20. The lowest BCUT2D eigenvalue weighted by Crippen LogP contribution is -2.44. The molecule has 3 aromatic rings. The Hall–Kier alpha value is -4.20. The van der Waals surface area contributed by atoms with Crippen LogP contribution < -0.4 is 10.4 Å². The lowest BCUT2D eigenvalue weighted by atomic mass is 10.1. The Morgan fingerprint density at radius 2 is 1.84 bits per heavy atom. The van der Waals surface area contributed by atoms with E-state index in [9.17, 15) is 19.5 Å². The molecule has 0 bridgehead atoms. The molecule has 0 aliphatic carbocycles. The first-order valence-electron chi connectivity index (χ1n) is 13.0. The van der Waals surface area contributed by atoms with Gasteiger partial charge in [0, 0.05) is 62.7 Å². The number of aliphatic carboxylic acids is 1. The van der Waals surface area contributed by atoms with Crippen LogP contribution >= 0.6 is 0 Å². The lowest BCUT2D eigenvalue weighted by molar-refractivity contribution is -0.305. The van der Waals surface area contributed by atoms with Gasteiger partial charge < -0.3 is 25.0 Å².